The van der Waals surface area contributed by atoms with Crippen LogP contribution in [-0.2, 0) is 12.8 Å². The molecule has 0 saturated heterocycles. The van der Waals surface area contributed by atoms with E-state index in [0.29, 0.717) is 29.1 Å². The molecule has 1 aliphatic carbocycles. The second-order valence-corrected chi connectivity index (χ2v) is 9.77. The zero-order valence-corrected chi connectivity index (χ0v) is 21.0. The summed E-state index contributed by atoms with van der Waals surface area (Å²) in [6.07, 6.45) is 2.32. The second kappa shape index (κ2) is 11.2. The fourth-order valence-corrected chi connectivity index (χ4v) is 4.99. The Balaban J connectivity index is 1.24. The van der Waals surface area contributed by atoms with Crippen molar-refractivity contribution in [3.63, 3.8) is 0 Å². The van der Waals surface area contributed by atoms with Crippen LogP contribution in [0.1, 0.15) is 39.6 Å². The number of ether oxygens (including phenoxy) is 1. The molecule has 0 amide bonds. The Morgan fingerprint density at radius 2 is 1.73 bits per heavy atom. The largest absolute Gasteiger partial charge is 0.478 e. The predicted molar refractivity (Wildman–Crippen MR) is 146 cm³/mol. The number of aliphatic hydroxyl groups is 1. The van der Waals surface area contributed by atoms with Crippen molar-refractivity contribution in [2.75, 3.05) is 6.54 Å². The fourth-order valence-electron chi connectivity index (χ4n) is 4.80. The van der Waals surface area contributed by atoms with Crippen LogP contribution in [0.15, 0.2) is 91.0 Å². The Labute approximate surface area is 221 Å². The molecule has 3 N–H and O–H groups in total. The number of hydrogen-bond donors (Lipinski definition) is 3. The summed E-state index contributed by atoms with van der Waals surface area (Å²) in [5, 5.41) is 24.1. The number of hydrogen-bond acceptors (Lipinski definition) is 4. The van der Waals surface area contributed by atoms with E-state index in [1.807, 2.05) is 36.4 Å². The van der Waals surface area contributed by atoms with E-state index in [9.17, 15) is 15.0 Å². The first-order valence-corrected chi connectivity index (χ1v) is 12.7. The fraction of sp³-hybridized carbons (Fsp3) is 0.194. The summed E-state index contributed by atoms with van der Waals surface area (Å²) in [6, 6.07) is 28.5. The van der Waals surface area contributed by atoms with E-state index in [-0.39, 0.29) is 5.56 Å². The number of para-hydroxylation sites is 1. The molecule has 4 aromatic rings. The summed E-state index contributed by atoms with van der Waals surface area (Å²) in [6.45, 7) is 0.479. The van der Waals surface area contributed by atoms with Crippen LogP contribution in [0, 0.1) is 0 Å². The van der Waals surface area contributed by atoms with E-state index in [1.54, 1.807) is 30.3 Å². The smallest absolute Gasteiger partial charge is 0.339 e. The van der Waals surface area contributed by atoms with Crippen LogP contribution in [0.3, 0.4) is 0 Å². The van der Waals surface area contributed by atoms with Gasteiger partial charge in [0.1, 0.15) is 17.1 Å². The van der Waals surface area contributed by atoms with Crippen molar-refractivity contribution in [1.82, 2.24) is 5.32 Å². The lowest BCUT2D eigenvalue weighted by atomic mass is 9.86. The van der Waals surface area contributed by atoms with Crippen molar-refractivity contribution in [3.05, 3.63) is 118 Å². The molecule has 0 heterocycles. The van der Waals surface area contributed by atoms with Gasteiger partial charge < -0.3 is 20.3 Å². The van der Waals surface area contributed by atoms with Gasteiger partial charge in [0, 0.05) is 17.6 Å². The van der Waals surface area contributed by atoms with Crippen LogP contribution in [0.25, 0.3) is 11.1 Å². The van der Waals surface area contributed by atoms with Crippen molar-refractivity contribution in [2.24, 2.45) is 0 Å². The van der Waals surface area contributed by atoms with Crippen molar-refractivity contribution in [1.29, 1.82) is 0 Å². The van der Waals surface area contributed by atoms with E-state index in [1.165, 1.54) is 17.2 Å². The van der Waals surface area contributed by atoms with Crippen molar-refractivity contribution < 1.29 is 19.7 Å². The van der Waals surface area contributed by atoms with E-state index in [4.69, 9.17) is 16.3 Å². The number of carboxylic acids is 1. The Morgan fingerprint density at radius 1 is 0.946 bits per heavy atom. The topological polar surface area (TPSA) is 78.8 Å². The van der Waals surface area contributed by atoms with Crippen molar-refractivity contribution >= 4 is 17.6 Å². The first kappa shape index (κ1) is 25.0. The van der Waals surface area contributed by atoms with Crippen LogP contribution in [-0.4, -0.2) is 28.8 Å². The second-order valence-electron chi connectivity index (χ2n) is 9.33. The number of benzene rings is 4. The zero-order valence-electron chi connectivity index (χ0n) is 20.2. The Hall–Kier alpha value is -3.64. The molecule has 0 aromatic heterocycles. The lowest BCUT2D eigenvalue weighted by Gasteiger charge is -2.27. The number of carbonyl (C=O) groups is 1. The summed E-state index contributed by atoms with van der Waals surface area (Å²) >= 11 is 6.06. The highest BCUT2D eigenvalue weighted by Gasteiger charge is 2.20. The average Bonchev–Trinajstić information content (AvgIpc) is 2.92. The minimum atomic E-state index is -1.02. The average molecular weight is 514 g/mol. The molecule has 2 atom stereocenters. The molecule has 0 spiro atoms. The Morgan fingerprint density at radius 3 is 2.51 bits per heavy atom. The number of aromatic carboxylic acids is 1. The lowest BCUT2D eigenvalue weighted by molar-refractivity contribution is 0.0694. The molecule has 188 valence electrons. The lowest BCUT2D eigenvalue weighted by Crippen LogP contribution is -2.37. The Bertz CT molecular complexity index is 1400. The Kier molecular flexibility index (Phi) is 7.56. The minimum absolute atomic E-state index is 0.129. The van der Waals surface area contributed by atoms with Crippen molar-refractivity contribution in [2.45, 2.75) is 31.4 Å². The molecular formula is C31H28ClNO4. The summed E-state index contributed by atoms with van der Waals surface area (Å²) in [4.78, 5) is 11.4. The number of rotatable bonds is 8. The standard InChI is InChI=1S/C31H28ClNO4/c32-25-5-3-4-23(17-25)29(34)19-33-26-13-10-21-8-9-22(16-24(21)18-26)20-11-14-27(15-12-20)37-30-7-2-1-6-28(30)31(35)36/h1-9,11-12,14-17,26,29,33-34H,10,13,18-19H2,(H,35,36)/t26-,29+/m0/s1. The molecule has 37 heavy (non-hydrogen) atoms. The highest BCUT2D eigenvalue weighted by molar-refractivity contribution is 6.30. The molecule has 0 aliphatic heterocycles. The van der Waals surface area contributed by atoms with Gasteiger partial charge in [0.2, 0.25) is 0 Å². The van der Waals surface area contributed by atoms with Gasteiger partial charge in [-0.15, -0.1) is 0 Å². The molecule has 5 rings (SSSR count). The summed E-state index contributed by atoms with van der Waals surface area (Å²) in [7, 11) is 0. The SMILES string of the molecule is O=C(O)c1ccccc1Oc1ccc(-c2ccc3c(c2)C[C@@H](NC[C@@H](O)c2cccc(Cl)c2)CC3)cc1. The van der Waals surface area contributed by atoms with Gasteiger partial charge in [0.05, 0.1) is 6.10 Å². The maximum absolute atomic E-state index is 11.4. The van der Waals surface area contributed by atoms with Crippen LogP contribution >= 0.6 is 11.6 Å². The number of aryl methyl sites for hydroxylation is 1. The van der Waals surface area contributed by atoms with E-state index >= 15 is 0 Å². The van der Waals surface area contributed by atoms with Gasteiger partial charge in [-0.2, -0.15) is 0 Å². The molecule has 0 unspecified atom stereocenters. The van der Waals surface area contributed by atoms with Crippen LogP contribution < -0.4 is 10.1 Å². The number of nitrogens with one attached hydrogen (secondary N) is 1. The van der Waals surface area contributed by atoms with Gasteiger partial charge in [-0.3, -0.25) is 0 Å². The molecule has 6 heteroatoms. The van der Waals surface area contributed by atoms with Gasteiger partial charge in [0.25, 0.3) is 0 Å². The van der Waals surface area contributed by atoms with Gasteiger partial charge in [-0.25, -0.2) is 4.79 Å². The molecule has 4 aromatic carbocycles. The van der Waals surface area contributed by atoms with Gasteiger partial charge in [-0.05, 0) is 83.5 Å². The first-order valence-electron chi connectivity index (χ1n) is 12.4. The third kappa shape index (κ3) is 6.03. The normalized spacial score (nSPS) is 15.6. The predicted octanol–water partition coefficient (Wildman–Crippen LogP) is 6.68. The quantitative estimate of drug-likeness (QED) is 0.245. The molecular weight excluding hydrogens is 486 g/mol. The van der Waals surface area contributed by atoms with Gasteiger partial charge >= 0.3 is 5.97 Å². The van der Waals surface area contributed by atoms with Gasteiger partial charge in [0.15, 0.2) is 0 Å². The van der Waals surface area contributed by atoms with Crippen LogP contribution in [0.4, 0.5) is 0 Å². The molecule has 1 aliphatic rings. The summed E-state index contributed by atoms with van der Waals surface area (Å²) in [5.41, 5.74) is 5.81. The van der Waals surface area contributed by atoms with E-state index in [0.717, 1.165) is 36.0 Å². The molecule has 0 saturated carbocycles. The minimum Gasteiger partial charge on any atom is -0.478 e. The maximum Gasteiger partial charge on any atom is 0.339 e. The van der Waals surface area contributed by atoms with Crippen LogP contribution in [0.5, 0.6) is 11.5 Å². The number of fused-ring (bicyclic) bond motifs is 1. The molecule has 0 fully saturated rings. The van der Waals surface area contributed by atoms with Gasteiger partial charge in [-0.1, -0.05) is 66.2 Å². The highest BCUT2D eigenvalue weighted by atomic mass is 35.5. The summed E-state index contributed by atoms with van der Waals surface area (Å²) < 4.78 is 5.83. The first-order chi connectivity index (χ1) is 18.0. The number of aliphatic hydroxyl groups excluding tert-OH is 1. The van der Waals surface area contributed by atoms with E-state index in [2.05, 4.69) is 23.5 Å². The highest BCUT2D eigenvalue weighted by Crippen LogP contribution is 2.31. The number of carboxylic acid groups (broad SMARTS) is 1. The number of halogens is 1. The molecule has 5 nitrogen and oxygen atoms in total. The third-order valence-corrected chi connectivity index (χ3v) is 7.04. The van der Waals surface area contributed by atoms with E-state index < -0.39 is 12.1 Å². The third-order valence-electron chi connectivity index (χ3n) is 6.80. The molecule has 0 radical (unpaired) electrons. The van der Waals surface area contributed by atoms with Crippen molar-refractivity contribution in [3.8, 4) is 22.6 Å². The summed E-state index contributed by atoms with van der Waals surface area (Å²) in [5.74, 6) is -0.124. The monoisotopic (exact) mass is 513 g/mol. The zero-order chi connectivity index (χ0) is 25.8. The molecule has 0 bridgehead atoms. The van der Waals surface area contributed by atoms with Crippen LogP contribution in [0.2, 0.25) is 5.02 Å². The maximum atomic E-state index is 11.4.